The topological polar surface area (TPSA) is 46.2 Å². The molecular formula is C16H16BrNO. The van der Waals surface area contributed by atoms with E-state index in [4.69, 9.17) is 5.73 Å². The van der Waals surface area contributed by atoms with Crippen molar-refractivity contribution in [3.8, 4) is 0 Å². The molecule has 1 aliphatic rings. The number of benzene rings is 2. The fourth-order valence-corrected chi connectivity index (χ4v) is 3.32. The highest BCUT2D eigenvalue weighted by Crippen LogP contribution is 2.41. The van der Waals surface area contributed by atoms with Crippen LogP contribution in [0.15, 0.2) is 46.9 Å². The van der Waals surface area contributed by atoms with Crippen LogP contribution in [0.2, 0.25) is 0 Å². The van der Waals surface area contributed by atoms with Crippen LogP contribution >= 0.6 is 15.9 Å². The normalized spacial score (nSPS) is 21.4. The molecular weight excluding hydrogens is 302 g/mol. The zero-order valence-electron chi connectivity index (χ0n) is 10.6. The summed E-state index contributed by atoms with van der Waals surface area (Å²) in [6.45, 7) is 0. The molecule has 19 heavy (non-hydrogen) atoms. The van der Waals surface area contributed by atoms with Crippen molar-refractivity contribution in [2.75, 3.05) is 5.73 Å². The van der Waals surface area contributed by atoms with Crippen LogP contribution in [0.25, 0.3) is 0 Å². The molecule has 0 saturated heterocycles. The molecule has 0 amide bonds. The molecule has 0 radical (unpaired) electrons. The first kappa shape index (κ1) is 12.7. The standard InChI is InChI=1S/C16H16BrNO/c17-15-4-2-1-3-12(15)10-16(19)8-7-11-9-13(18)5-6-14(11)16/h1-6,9,19H,7-8,10,18H2. The highest BCUT2D eigenvalue weighted by atomic mass is 79.9. The van der Waals surface area contributed by atoms with Crippen molar-refractivity contribution < 1.29 is 5.11 Å². The molecule has 98 valence electrons. The van der Waals surface area contributed by atoms with Crippen LogP contribution in [-0.2, 0) is 18.4 Å². The van der Waals surface area contributed by atoms with Crippen LogP contribution in [0, 0.1) is 0 Å². The summed E-state index contributed by atoms with van der Waals surface area (Å²) in [6.07, 6.45) is 2.28. The molecule has 0 aromatic heterocycles. The Hall–Kier alpha value is -1.32. The lowest BCUT2D eigenvalue weighted by Gasteiger charge is -2.25. The minimum absolute atomic E-state index is 0.630. The van der Waals surface area contributed by atoms with Gasteiger partial charge in [-0.05, 0) is 47.7 Å². The van der Waals surface area contributed by atoms with E-state index in [1.165, 1.54) is 5.56 Å². The Morgan fingerprint density at radius 3 is 2.79 bits per heavy atom. The first-order valence-corrected chi connectivity index (χ1v) is 7.22. The zero-order chi connectivity index (χ0) is 13.5. The molecule has 3 N–H and O–H groups in total. The second-order valence-corrected chi connectivity index (χ2v) is 6.07. The molecule has 2 nitrogen and oxygen atoms in total. The van der Waals surface area contributed by atoms with Crippen LogP contribution in [0.4, 0.5) is 5.69 Å². The van der Waals surface area contributed by atoms with E-state index in [1.807, 2.05) is 36.4 Å². The average molecular weight is 318 g/mol. The summed E-state index contributed by atoms with van der Waals surface area (Å²) in [5, 5.41) is 11.0. The number of nitrogen functional groups attached to an aromatic ring is 1. The summed E-state index contributed by atoms with van der Waals surface area (Å²) in [7, 11) is 0. The number of aliphatic hydroxyl groups is 1. The van der Waals surface area contributed by atoms with Crippen molar-refractivity contribution in [2.24, 2.45) is 0 Å². The Kier molecular flexibility index (Phi) is 3.11. The lowest BCUT2D eigenvalue weighted by molar-refractivity contribution is 0.0388. The molecule has 2 aromatic carbocycles. The molecule has 0 fully saturated rings. The Morgan fingerprint density at radius 1 is 1.21 bits per heavy atom. The van der Waals surface area contributed by atoms with Crippen LogP contribution in [-0.4, -0.2) is 5.11 Å². The van der Waals surface area contributed by atoms with Crippen molar-refractivity contribution in [2.45, 2.75) is 24.9 Å². The van der Waals surface area contributed by atoms with Crippen LogP contribution in [0.1, 0.15) is 23.1 Å². The van der Waals surface area contributed by atoms with Crippen molar-refractivity contribution in [1.82, 2.24) is 0 Å². The van der Waals surface area contributed by atoms with E-state index in [-0.39, 0.29) is 0 Å². The molecule has 3 rings (SSSR count). The van der Waals surface area contributed by atoms with Gasteiger partial charge in [-0.3, -0.25) is 0 Å². The minimum atomic E-state index is -0.771. The molecule has 0 saturated carbocycles. The van der Waals surface area contributed by atoms with Crippen molar-refractivity contribution in [3.63, 3.8) is 0 Å². The predicted octanol–water partition coefficient (Wildman–Crippen LogP) is 3.41. The second kappa shape index (κ2) is 4.66. The monoisotopic (exact) mass is 317 g/mol. The minimum Gasteiger partial charge on any atom is -0.399 e. The lowest BCUT2D eigenvalue weighted by atomic mass is 9.89. The van der Waals surface area contributed by atoms with Gasteiger partial charge in [0.1, 0.15) is 0 Å². The van der Waals surface area contributed by atoms with Gasteiger partial charge in [0.2, 0.25) is 0 Å². The van der Waals surface area contributed by atoms with Crippen molar-refractivity contribution in [3.05, 3.63) is 63.6 Å². The van der Waals surface area contributed by atoms with Gasteiger partial charge in [-0.25, -0.2) is 0 Å². The Balaban J connectivity index is 1.97. The third-order valence-electron chi connectivity index (χ3n) is 3.88. The number of aryl methyl sites for hydroxylation is 1. The SMILES string of the molecule is Nc1ccc2c(c1)CCC2(O)Cc1ccccc1Br. The van der Waals surface area contributed by atoms with E-state index in [0.717, 1.165) is 34.1 Å². The average Bonchev–Trinajstić information content (AvgIpc) is 2.70. The molecule has 3 heteroatoms. The highest BCUT2D eigenvalue weighted by Gasteiger charge is 2.36. The largest absolute Gasteiger partial charge is 0.399 e. The zero-order valence-corrected chi connectivity index (χ0v) is 12.2. The Morgan fingerprint density at radius 2 is 2.00 bits per heavy atom. The van der Waals surface area contributed by atoms with Gasteiger partial charge in [0.15, 0.2) is 0 Å². The van der Waals surface area contributed by atoms with Gasteiger partial charge in [-0.15, -0.1) is 0 Å². The fraction of sp³-hybridized carbons (Fsp3) is 0.250. The molecule has 2 aromatic rings. The van der Waals surface area contributed by atoms with E-state index in [9.17, 15) is 5.11 Å². The Bertz CT molecular complexity index is 626. The maximum atomic E-state index is 11.0. The first-order valence-electron chi connectivity index (χ1n) is 6.43. The van der Waals surface area contributed by atoms with Crippen LogP contribution in [0.3, 0.4) is 0 Å². The van der Waals surface area contributed by atoms with Crippen LogP contribution in [0.5, 0.6) is 0 Å². The second-order valence-electron chi connectivity index (χ2n) is 5.22. The summed E-state index contributed by atoms with van der Waals surface area (Å²) in [5.41, 5.74) is 9.14. The molecule has 0 heterocycles. The van der Waals surface area contributed by atoms with E-state index in [2.05, 4.69) is 22.0 Å². The van der Waals surface area contributed by atoms with Crippen molar-refractivity contribution >= 4 is 21.6 Å². The van der Waals surface area contributed by atoms with Crippen molar-refractivity contribution in [1.29, 1.82) is 0 Å². The van der Waals surface area contributed by atoms with Gasteiger partial charge in [-0.2, -0.15) is 0 Å². The summed E-state index contributed by atoms with van der Waals surface area (Å²) in [5.74, 6) is 0. The maximum Gasteiger partial charge on any atom is 0.0942 e. The molecule has 1 unspecified atom stereocenters. The van der Waals surface area contributed by atoms with Crippen LogP contribution < -0.4 is 5.73 Å². The number of rotatable bonds is 2. The fourth-order valence-electron chi connectivity index (χ4n) is 2.89. The molecule has 0 spiro atoms. The third kappa shape index (κ3) is 2.28. The lowest BCUT2D eigenvalue weighted by Crippen LogP contribution is -2.25. The van der Waals surface area contributed by atoms with Gasteiger partial charge in [0.25, 0.3) is 0 Å². The maximum absolute atomic E-state index is 11.0. The van der Waals surface area contributed by atoms with E-state index in [0.29, 0.717) is 6.42 Å². The van der Waals surface area contributed by atoms with Gasteiger partial charge in [0, 0.05) is 16.6 Å². The van der Waals surface area contributed by atoms with Gasteiger partial charge in [-0.1, -0.05) is 40.2 Å². The predicted molar refractivity (Wildman–Crippen MR) is 80.9 cm³/mol. The highest BCUT2D eigenvalue weighted by molar-refractivity contribution is 9.10. The quantitative estimate of drug-likeness (QED) is 0.834. The van der Waals surface area contributed by atoms with E-state index in [1.54, 1.807) is 0 Å². The van der Waals surface area contributed by atoms with E-state index < -0.39 is 5.60 Å². The third-order valence-corrected chi connectivity index (χ3v) is 4.65. The number of halogens is 1. The molecule has 0 bridgehead atoms. The number of anilines is 1. The summed E-state index contributed by atoms with van der Waals surface area (Å²) < 4.78 is 1.05. The summed E-state index contributed by atoms with van der Waals surface area (Å²) in [4.78, 5) is 0. The number of hydrogen-bond acceptors (Lipinski definition) is 2. The van der Waals surface area contributed by atoms with Gasteiger partial charge < -0.3 is 10.8 Å². The number of fused-ring (bicyclic) bond motifs is 1. The smallest absolute Gasteiger partial charge is 0.0942 e. The molecule has 0 aliphatic heterocycles. The summed E-state index contributed by atoms with van der Waals surface area (Å²) >= 11 is 3.55. The molecule has 1 atom stereocenters. The number of nitrogens with two attached hydrogens (primary N) is 1. The van der Waals surface area contributed by atoms with Gasteiger partial charge in [0.05, 0.1) is 5.60 Å². The molecule has 1 aliphatic carbocycles. The first-order chi connectivity index (χ1) is 9.08. The summed E-state index contributed by atoms with van der Waals surface area (Å²) in [6, 6.07) is 13.9. The number of hydrogen-bond donors (Lipinski definition) is 2. The Labute approximate surface area is 121 Å². The van der Waals surface area contributed by atoms with E-state index >= 15 is 0 Å². The van der Waals surface area contributed by atoms with Gasteiger partial charge >= 0.3 is 0 Å².